The van der Waals surface area contributed by atoms with Gasteiger partial charge in [0.05, 0.1) is 11.2 Å². The average molecular weight is 285 g/mol. The second-order valence-corrected chi connectivity index (χ2v) is 4.74. The number of halogens is 1. The number of thiazole rings is 1. The highest BCUT2D eigenvalue weighted by Gasteiger charge is 2.10. The van der Waals surface area contributed by atoms with Crippen molar-refractivity contribution in [3.63, 3.8) is 0 Å². The molecule has 0 bridgehead atoms. The Morgan fingerprint density at radius 3 is 2.87 bits per heavy atom. The third-order valence-electron chi connectivity index (χ3n) is 1.98. The smallest absolute Gasteiger partial charge is 0.102 e. The third kappa shape index (κ3) is 2.84. The topological polar surface area (TPSA) is 46.0 Å². The van der Waals surface area contributed by atoms with Crippen LogP contribution < -0.4 is 0 Å². The minimum atomic E-state index is -0.565. The lowest BCUT2D eigenvalue weighted by Crippen LogP contribution is -2.03. The molecule has 0 aliphatic heterocycles. The quantitative estimate of drug-likeness (QED) is 0.942. The van der Waals surface area contributed by atoms with Crippen molar-refractivity contribution in [1.82, 2.24) is 9.97 Å². The molecule has 0 aliphatic carbocycles. The Morgan fingerprint density at radius 1 is 1.40 bits per heavy atom. The van der Waals surface area contributed by atoms with E-state index in [1.54, 1.807) is 11.7 Å². The van der Waals surface area contributed by atoms with Gasteiger partial charge in [-0.15, -0.1) is 11.3 Å². The number of rotatable bonds is 3. The SMILES string of the molecule is OC(Cc1ccc(Br)cn1)c1cscn1. The normalized spacial score (nSPS) is 12.7. The van der Waals surface area contributed by atoms with E-state index in [-0.39, 0.29) is 0 Å². The number of hydrogen-bond acceptors (Lipinski definition) is 4. The highest BCUT2D eigenvalue weighted by molar-refractivity contribution is 9.10. The predicted octanol–water partition coefficient (Wildman–Crippen LogP) is 2.58. The monoisotopic (exact) mass is 284 g/mol. The molecule has 0 aliphatic rings. The zero-order chi connectivity index (χ0) is 10.7. The maximum Gasteiger partial charge on any atom is 0.102 e. The van der Waals surface area contributed by atoms with Gasteiger partial charge in [-0.3, -0.25) is 4.98 Å². The fraction of sp³-hybridized carbons (Fsp3) is 0.200. The van der Waals surface area contributed by atoms with Gasteiger partial charge in [-0.2, -0.15) is 0 Å². The molecular weight excluding hydrogens is 276 g/mol. The Balaban J connectivity index is 2.06. The van der Waals surface area contributed by atoms with Gasteiger partial charge in [0.15, 0.2) is 0 Å². The Hall–Kier alpha value is -0.780. The molecule has 5 heteroatoms. The van der Waals surface area contributed by atoms with Gasteiger partial charge in [0.2, 0.25) is 0 Å². The molecule has 15 heavy (non-hydrogen) atoms. The van der Waals surface area contributed by atoms with E-state index in [0.717, 1.165) is 10.2 Å². The lowest BCUT2D eigenvalue weighted by atomic mass is 10.1. The summed E-state index contributed by atoms with van der Waals surface area (Å²) >= 11 is 4.80. The van der Waals surface area contributed by atoms with Gasteiger partial charge in [0, 0.05) is 28.2 Å². The second-order valence-electron chi connectivity index (χ2n) is 3.10. The highest BCUT2D eigenvalue weighted by Crippen LogP contribution is 2.17. The van der Waals surface area contributed by atoms with Gasteiger partial charge < -0.3 is 5.11 Å². The molecule has 78 valence electrons. The molecule has 0 aromatic carbocycles. The molecule has 2 heterocycles. The summed E-state index contributed by atoms with van der Waals surface area (Å²) in [7, 11) is 0. The average Bonchev–Trinajstić information content (AvgIpc) is 2.74. The summed E-state index contributed by atoms with van der Waals surface area (Å²) in [4.78, 5) is 8.26. The van der Waals surface area contributed by atoms with Gasteiger partial charge in [0.1, 0.15) is 6.10 Å². The van der Waals surface area contributed by atoms with Gasteiger partial charge in [-0.1, -0.05) is 0 Å². The minimum absolute atomic E-state index is 0.497. The number of nitrogens with zero attached hydrogens (tertiary/aromatic N) is 2. The summed E-state index contributed by atoms with van der Waals surface area (Å²) < 4.78 is 0.939. The van der Waals surface area contributed by atoms with Crippen molar-refractivity contribution in [3.05, 3.63) is 45.1 Å². The molecule has 0 saturated heterocycles. The first-order chi connectivity index (χ1) is 7.25. The van der Waals surface area contributed by atoms with Crippen LogP contribution in [0.15, 0.2) is 33.7 Å². The fourth-order valence-corrected chi connectivity index (χ4v) is 2.05. The molecule has 1 N–H and O–H groups in total. The summed E-state index contributed by atoms with van der Waals surface area (Å²) in [5.74, 6) is 0. The van der Waals surface area contributed by atoms with E-state index < -0.39 is 6.10 Å². The summed E-state index contributed by atoms with van der Waals surface area (Å²) in [5, 5.41) is 11.7. The van der Waals surface area contributed by atoms with Crippen LogP contribution >= 0.6 is 27.3 Å². The molecule has 0 amide bonds. The molecule has 2 rings (SSSR count). The zero-order valence-corrected chi connectivity index (χ0v) is 10.2. The maximum atomic E-state index is 9.82. The van der Waals surface area contributed by atoms with E-state index >= 15 is 0 Å². The molecule has 0 saturated carbocycles. The van der Waals surface area contributed by atoms with Crippen LogP contribution in [0.25, 0.3) is 0 Å². The van der Waals surface area contributed by atoms with Gasteiger partial charge >= 0.3 is 0 Å². The van der Waals surface area contributed by atoms with Crippen LogP contribution in [0.4, 0.5) is 0 Å². The Labute approximate surface area is 100.0 Å². The molecule has 0 fully saturated rings. The number of pyridine rings is 1. The standard InChI is InChI=1S/C10H9BrN2OS/c11-7-1-2-8(12-4-7)3-10(14)9-5-15-6-13-9/h1-2,4-6,10,14H,3H2. The molecule has 0 spiro atoms. The number of aliphatic hydroxyl groups is 1. The first-order valence-electron chi connectivity index (χ1n) is 4.42. The van der Waals surface area contributed by atoms with Gasteiger partial charge in [0.25, 0.3) is 0 Å². The number of hydrogen-bond donors (Lipinski definition) is 1. The van der Waals surface area contributed by atoms with Crippen LogP contribution in [-0.2, 0) is 6.42 Å². The van der Waals surface area contributed by atoms with E-state index in [4.69, 9.17) is 0 Å². The zero-order valence-electron chi connectivity index (χ0n) is 7.80. The van der Waals surface area contributed by atoms with Crippen LogP contribution in [0, 0.1) is 0 Å². The van der Waals surface area contributed by atoms with Crippen molar-refractivity contribution < 1.29 is 5.11 Å². The molecule has 0 radical (unpaired) electrons. The van der Waals surface area contributed by atoms with Crippen molar-refractivity contribution in [3.8, 4) is 0 Å². The highest BCUT2D eigenvalue weighted by atomic mass is 79.9. The summed E-state index contributed by atoms with van der Waals surface area (Å²) in [6.07, 6.45) is 1.66. The van der Waals surface area contributed by atoms with E-state index in [1.165, 1.54) is 11.3 Å². The van der Waals surface area contributed by atoms with E-state index in [0.29, 0.717) is 12.1 Å². The summed E-state index contributed by atoms with van der Waals surface area (Å²) in [5.41, 5.74) is 3.29. The lowest BCUT2D eigenvalue weighted by molar-refractivity contribution is 0.173. The third-order valence-corrected chi connectivity index (χ3v) is 3.06. The Bertz CT molecular complexity index is 415. The maximum absolute atomic E-state index is 9.82. The van der Waals surface area contributed by atoms with Crippen molar-refractivity contribution in [2.24, 2.45) is 0 Å². The fourth-order valence-electron chi connectivity index (χ4n) is 1.22. The number of aromatic nitrogens is 2. The molecule has 3 nitrogen and oxygen atoms in total. The molecule has 1 unspecified atom stereocenters. The van der Waals surface area contributed by atoms with Crippen molar-refractivity contribution in [2.75, 3.05) is 0 Å². The molecular formula is C10H9BrN2OS. The minimum Gasteiger partial charge on any atom is -0.386 e. The van der Waals surface area contributed by atoms with Crippen LogP contribution in [0.2, 0.25) is 0 Å². The van der Waals surface area contributed by atoms with Crippen LogP contribution in [0.1, 0.15) is 17.5 Å². The number of aliphatic hydroxyl groups excluding tert-OH is 1. The molecule has 2 aromatic rings. The second kappa shape index (κ2) is 4.83. The van der Waals surface area contributed by atoms with Gasteiger partial charge in [-0.05, 0) is 28.1 Å². The van der Waals surface area contributed by atoms with Crippen molar-refractivity contribution in [2.45, 2.75) is 12.5 Å². The molecule has 2 aromatic heterocycles. The van der Waals surface area contributed by atoms with E-state index in [1.807, 2.05) is 17.5 Å². The lowest BCUT2D eigenvalue weighted by Gasteiger charge is -2.06. The first-order valence-corrected chi connectivity index (χ1v) is 6.16. The van der Waals surface area contributed by atoms with E-state index in [9.17, 15) is 5.11 Å². The largest absolute Gasteiger partial charge is 0.386 e. The van der Waals surface area contributed by atoms with Crippen LogP contribution in [0.3, 0.4) is 0 Å². The van der Waals surface area contributed by atoms with Crippen molar-refractivity contribution >= 4 is 27.3 Å². The van der Waals surface area contributed by atoms with Crippen LogP contribution in [-0.4, -0.2) is 15.1 Å². The first kappa shape index (κ1) is 10.7. The van der Waals surface area contributed by atoms with E-state index in [2.05, 4.69) is 25.9 Å². The predicted molar refractivity (Wildman–Crippen MR) is 62.7 cm³/mol. The van der Waals surface area contributed by atoms with Crippen molar-refractivity contribution in [1.29, 1.82) is 0 Å². The Kier molecular flexibility index (Phi) is 3.45. The van der Waals surface area contributed by atoms with Gasteiger partial charge in [-0.25, -0.2) is 4.98 Å². The Morgan fingerprint density at radius 2 is 2.27 bits per heavy atom. The summed E-state index contributed by atoms with van der Waals surface area (Å²) in [6.45, 7) is 0. The molecule has 1 atom stereocenters. The van der Waals surface area contributed by atoms with Crippen LogP contribution in [0.5, 0.6) is 0 Å². The summed E-state index contributed by atoms with van der Waals surface area (Å²) in [6, 6.07) is 3.80.